The molecule has 0 atom stereocenters. The Kier molecular flexibility index (Phi) is 4.18. The molecule has 122 valence electrons. The third kappa shape index (κ3) is 3.28. The smallest absolute Gasteiger partial charge is 0.323 e. The molecule has 1 aromatic carbocycles. The highest BCUT2D eigenvalue weighted by Crippen LogP contribution is 2.26. The molecule has 1 saturated heterocycles. The lowest BCUT2D eigenvalue weighted by atomic mass is 9.95. The largest absolute Gasteiger partial charge is 0.480 e. The highest BCUT2D eigenvalue weighted by molar-refractivity contribution is 5.83. The van der Waals surface area contributed by atoms with Gasteiger partial charge >= 0.3 is 5.97 Å². The van der Waals surface area contributed by atoms with Gasteiger partial charge in [-0.1, -0.05) is 12.1 Å². The molecule has 1 aliphatic heterocycles. The lowest BCUT2D eigenvalue weighted by Gasteiger charge is -2.31. The van der Waals surface area contributed by atoms with Gasteiger partial charge in [0.05, 0.1) is 0 Å². The second-order valence-electron chi connectivity index (χ2n) is 5.81. The number of fused-ring (bicyclic) bond motifs is 1. The number of aliphatic carboxylic acids is 1. The van der Waals surface area contributed by atoms with Gasteiger partial charge in [-0.25, -0.2) is 0 Å². The molecule has 0 unspecified atom stereocenters. The van der Waals surface area contributed by atoms with E-state index in [9.17, 15) is 9.59 Å². The molecule has 7 nitrogen and oxygen atoms in total. The van der Waals surface area contributed by atoms with Crippen LogP contribution in [-0.2, 0) is 9.59 Å². The van der Waals surface area contributed by atoms with Crippen LogP contribution in [0.25, 0.3) is 11.1 Å². The highest BCUT2D eigenvalue weighted by atomic mass is 16.4. The molecule has 0 bridgehead atoms. The molecule has 0 aliphatic carbocycles. The van der Waals surface area contributed by atoms with Crippen molar-refractivity contribution in [2.75, 3.05) is 31.6 Å². The number of piperidine rings is 1. The average Bonchev–Trinajstić information content (AvgIpc) is 2.97. The molecule has 2 heterocycles. The third-order valence-corrected chi connectivity index (χ3v) is 4.15. The standard InChI is InChI=1S/C16H19N3O4/c1-18(10-14(20)21)15(22)11-6-8-19(9-7-11)16-17-12-4-2-3-5-13(12)23-16/h2-5,11H,6-10H2,1H3,(H,20,21). The summed E-state index contributed by atoms with van der Waals surface area (Å²) in [6.07, 6.45) is 1.34. The molecule has 0 radical (unpaired) electrons. The van der Waals surface area contributed by atoms with E-state index in [1.54, 1.807) is 0 Å². The summed E-state index contributed by atoms with van der Waals surface area (Å²) >= 11 is 0. The van der Waals surface area contributed by atoms with Crippen LogP contribution >= 0.6 is 0 Å². The van der Waals surface area contributed by atoms with E-state index in [1.807, 2.05) is 29.2 Å². The van der Waals surface area contributed by atoms with Crippen molar-refractivity contribution < 1.29 is 19.1 Å². The number of hydrogen-bond donors (Lipinski definition) is 1. The molecule has 23 heavy (non-hydrogen) atoms. The fourth-order valence-electron chi connectivity index (χ4n) is 2.91. The predicted molar refractivity (Wildman–Crippen MR) is 84.2 cm³/mol. The average molecular weight is 317 g/mol. The molecule has 1 aliphatic rings. The zero-order valence-corrected chi connectivity index (χ0v) is 12.9. The van der Waals surface area contributed by atoms with Gasteiger partial charge < -0.3 is 19.3 Å². The summed E-state index contributed by atoms with van der Waals surface area (Å²) < 4.78 is 5.75. The van der Waals surface area contributed by atoms with Gasteiger partial charge in [0.25, 0.3) is 6.01 Å². The van der Waals surface area contributed by atoms with Crippen molar-refractivity contribution in [3.63, 3.8) is 0 Å². The summed E-state index contributed by atoms with van der Waals surface area (Å²) in [6.45, 7) is 1.08. The van der Waals surface area contributed by atoms with Crippen molar-refractivity contribution >= 4 is 29.0 Å². The van der Waals surface area contributed by atoms with Crippen molar-refractivity contribution in [2.45, 2.75) is 12.8 Å². The number of oxazole rings is 1. The summed E-state index contributed by atoms with van der Waals surface area (Å²) in [4.78, 5) is 30.7. The van der Waals surface area contributed by atoms with Crippen LogP contribution in [0.5, 0.6) is 0 Å². The van der Waals surface area contributed by atoms with E-state index >= 15 is 0 Å². The third-order valence-electron chi connectivity index (χ3n) is 4.15. The minimum Gasteiger partial charge on any atom is -0.480 e. The molecule has 1 fully saturated rings. The molecule has 0 spiro atoms. The van der Waals surface area contributed by atoms with E-state index in [-0.39, 0.29) is 18.4 Å². The van der Waals surface area contributed by atoms with Crippen LogP contribution in [0.2, 0.25) is 0 Å². The number of para-hydroxylation sites is 2. The minimum atomic E-state index is -0.996. The second kappa shape index (κ2) is 6.28. The van der Waals surface area contributed by atoms with Crippen LogP contribution in [0.4, 0.5) is 6.01 Å². The van der Waals surface area contributed by atoms with E-state index in [1.165, 1.54) is 11.9 Å². The number of carbonyl (C=O) groups excluding carboxylic acids is 1. The molecule has 2 aromatic rings. The Balaban J connectivity index is 1.61. The van der Waals surface area contributed by atoms with E-state index < -0.39 is 5.97 Å². The van der Waals surface area contributed by atoms with Gasteiger partial charge in [0.15, 0.2) is 5.58 Å². The van der Waals surface area contributed by atoms with E-state index in [0.717, 1.165) is 11.1 Å². The molecule has 1 aromatic heterocycles. The zero-order valence-electron chi connectivity index (χ0n) is 12.9. The SMILES string of the molecule is CN(CC(=O)O)C(=O)C1CCN(c2nc3ccccc3o2)CC1. The quantitative estimate of drug-likeness (QED) is 0.921. The Morgan fingerprint density at radius 2 is 2.04 bits per heavy atom. The molecule has 1 N–H and O–H groups in total. The zero-order chi connectivity index (χ0) is 16.4. The summed E-state index contributed by atoms with van der Waals surface area (Å²) in [5, 5.41) is 8.77. The molecular formula is C16H19N3O4. The maximum Gasteiger partial charge on any atom is 0.323 e. The summed E-state index contributed by atoms with van der Waals surface area (Å²) in [6, 6.07) is 8.18. The number of carboxylic acid groups (broad SMARTS) is 1. The molecule has 3 rings (SSSR count). The number of benzene rings is 1. The number of rotatable bonds is 4. The van der Waals surface area contributed by atoms with Crippen LogP contribution in [0.1, 0.15) is 12.8 Å². The van der Waals surface area contributed by atoms with E-state index in [0.29, 0.717) is 31.9 Å². The van der Waals surface area contributed by atoms with Crippen molar-refractivity contribution in [1.82, 2.24) is 9.88 Å². The maximum absolute atomic E-state index is 12.2. The first-order valence-electron chi connectivity index (χ1n) is 7.62. The van der Waals surface area contributed by atoms with Crippen LogP contribution in [-0.4, -0.2) is 53.5 Å². The van der Waals surface area contributed by atoms with Gasteiger partial charge in [0.2, 0.25) is 5.91 Å². The van der Waals surface area contributed by atoms with Gasteiger partial charge in [-0.15, -0.1) is 0 Å². The molecule has 1 amide bonds. The number of likely N-dealkylation sites (N-methyl/N-ethyl adjacent to an activating group) is 1. The first-order chi connectivity index (χ1) is 11.0. The van der Waals surface area contributed by atoms with E-state index in [2.05, 4.69) is 4.98 Å². The number of carbonyl (C=O) groups is 2. The van der Waals surface area contributed by atoms with Gasteiger partial charge in [0, 0.05) is 26.1 Å². The normalized spacial score (nSPS) is 15.8. The number of carboxylic acids is 1. The van der Waals surface area contributed by atoms with Crippen LogP contribution < -0.4 is 4.90 Å². The van der Waals surface area contributed by atoms with Gasteiger partial charge in [0.1, 0.15) is 12.1 Å². The number of amides is 1. The van der Waals surface area contributed by atoms with E-state index in [4.69, 9.17) is 9.52 Å². The Labute approximate surface area is 133 Å². The lowest BCUT2D eigenvalue weighted by molar-refractivity contribution is -0.145. The topological polar surface area (TPSA) is 86.9 Å². The van der Waals surface area contributed by atoms with Crippen LogP contribution in [0.15, 0.2) is 28.7 Å². The van der Waals surface area contributed by atoms with Crippen molar-refractivity contribution in [3.05, 3.63) is 24.3 Å². The number of anilines is 1. The number of nitrogens with zero attached hydrogens (tertiary/aromatic N) is 3. The Morgan fingerprint density at radius 3 is 2.70 bits per heavy atom. The van der Waals surface area contributed by atoms with Crippen molar-refractivity contribution in [3.8, 4) is 0 Å². The highest BCUT2D eigenvalue weighted by Gasteiger charge is 2.29. The lowest BCUT2D eigenvalue weighted by Crippen LogP contribution is -2.42. The molecule has 7 heteroatoms. The van der Waals surface area contributed by atoms with Gasteiger partial charge in [-0.2, -0.15) is 4.98 Å². The summed E-state index contributed by atoms with van der Waals surface area (Å²) in [5.74, 6) is -1.24. The minimum absolute atomic E-state index is 0.107. The van der Waals surface area contributed by atoms with Crippen LogP contribution in [0, 0.1) is 5.92 Å². The molecule has 0 saturated carbocycles. The Morgan fingerprint density at radius 1 is 1.35 bits per heavy atom. The number of aromatic nitrogens is 1. The maximum atomic E-state index is 12.2. The summed E-state index contributed by atoms with van der Waals surface area (Å²) in [5.41, 5.74) is 1.57. The fraction of sp³-hybridized carbons (Fsp3) is 0.438. The van der Waals surface area contributed by atoms with Gasteiger partial charge in [-0.3, -0.25) is 9.59 Å². The second-order valence-corrected chi connectivity index (χ2v) is 5.81. The Bertz CT molecular complexity index is 686. The predicted octanol–water partition coefficient (Wildman–Crippen LogP) is 1.59. The van der Waals surface area contributed by atoms with Crippen molar-refractivity contribution in [1.29, 1.82) is 0 Å². The number of hydrogen-bond acceptors (Lipinski definition) is 5. The van der Waals surface area contributed by atoms with Gasteiger partial charge in [-0.05, 0) is 25.0 Å². The summed E-state index contributed by atoms with van der Waals surface area (Å²) in [7, 11) is 1.53. The first-order valence-corrected chi connectivity index (χ1v) is 7.62. The molecular weight excluding hydrogens is 298 g/mol. The van der Waals surface area contributed by atoms with Crippen molar-refractivity contribution in [2.24, 2.45) is 5.92 Å². The first kappa shape index (κ1) is 15.3. The Hall–Kier alpha value is -2.57. The fourth-order valence-corrected chi connectivity index (χ4v) is 2.91. The monoisotopic (exact) mass is 317 g/mol. The van der Waals surface area contributed by atoms with Crippen LogP contribution in [0.3, 0.4) is 0 Å².